The number of likely N-dealkylation sites (tertiary alicyclic amines) is 1. The van der Waals surface area contributed by atoms with Crippen molar-refractivity contribution < 1.29 is 4.39 Å². The van der Waals surface area contributed by atoms with Gasteiger partial charge in [0.25, 0.3) is 0 Å². The minimum atomic E-state index is -0.163. The van der Waals surface area contributed by atoms with Gasteiger partial charge < -0.3 is 0 Å². The van der Waals surface area contributed by atoms with Crippen molar-refractivity contribution in [2.24, 2.45) is 5.92 Å². The predicted molar refractivity (Wildman–Crippen MR) is 38.7 cm³/mol. The maximum Gasteiger partial charge on any atom is 0.102 e. The van der Waals surface area contributed by atoms with E-state index in [0.29, 0.717) is 6.54 Å². The molecule has 2 aliphatic rings. The molecule has 10 heavy (non-hydrogen) atoms. The molecule has 2 heteroatoms. The number of fused-ring (bicyclic) bond motifs is 2. The van der Waals surface area contributed by atoms with Crippen LogP contribution in [0, 0.1) is 5.92 Å². The fourth-order valence-electron chi connectivity index (χ4n) is 2.41. The minimum absolute atomic E-state index is 0.163. The fraction of sp³-hybridized carbons (Fsp3) is 1.00. The molecule has 1 nitrogen and oxygen atoms in total. The molecule has 0 aromatic rings. The molecule has 58 valence electrons. The molecule has 1 heterocycles. The quantitative estimate of drug-likeness (QED) is 0.565. The average molecular weight is 143 g/mol. The first kappa shape index (κ1) is 6.59. The van der Waals surface area contributed by atoms with Gasteiger partial charge in [0.2, 0.25) is 0 Å². The Morgan fingerprint density at radius 1 is 1.40 bits per heavy atom. The van der Waals surface area contributed by atoms with Gasteiger partial charge in [-0.15, -0.1) is 0 Å². The summed E-state index contributed by atoms with van der Waals surface area (Å²) >= 11 is 0. The van der Waals surface area contributed by atoms with E-state index in [-0.39, 0.29) is 6.67 Å². The smallest absolute Gasteiger partial charge is 0.102 e. The molecule has 0 spiro atoms. The van der Waals surface area contributed by atoms with Gasteiger partial charge in [0.05, 0.1) is 0 Å². The van der Waals surface area contributed by atoms with Crippen molar-refractivity contribution in [1.82, 2.24) is 4.90 Å². The van der Waals surface area contributed by atoms with Crippen molar-refractivity contribution in [1.29, 1.82) is 0 Å². The zero-order valence-electron chi connectivity index (χ0n) is 6.22. The maximum atomic E-state index is 11.9. The summed E-state index contributed by atoms with van der Waals surface area (Å²) in [5.74, 6) is 0.913. The molecule has 2 unspecified atom stereocenters. The molecule has 2 rings (SSSR count). The van der Waals surface area contributed by atoms with Crippen LogP contribution in [0.4, 0.5) is 4.39 Å². The molecule has 0 aromatic heterocycles. The minimum Gasteiger partial charge on any atom is -0.298 e. The number of rotatable bonds is 2. The molecule has 1 saturated carbocycles. The van der Waals surface area contributed by atoms with Crippen LogP contribution in [-0.2, 0) is 0 Å². The Morgan fingerprint density at radius 3 is 2.80 bits per heavy atom. The second kappa shape index (κ2) is 2.50. The number of piperidine rings is 1. The van der Waals surface area contributed by atoms with Gasteiger partial charge in [-0.05, 0) is 25.2 Å². The van der Waals surface area contributed by atoms with Crippen molar-refractivity contribution in [3.63, 3.8) is 0 Å². The average Bonchev–Trinajstić information content (AvgIpc) is 2.48. The van der Waals surface area contributed by atoms with E-state index >= 15 is 0 Å². The second-order valence-electron chi connectivity index (χ2n) is 3.52. The van der Waals surface area contributed by atoms with Gasteiger partial charge in [-0.3, -0.25) is 4.90 Å². The van der Waals surface area contributed by atoms with E-state index in [2.05, 4.69) is 4.90 Å². The predicted octanol–water partition coefficient (Wildman–Crippen LogP) is 1.44. The van der Waals surface area contributed by atoms with Crippen LogP contribution in [-0.4, -0.2) is 30.7 Å². The van der Waals surface area contributed by atoms with Gasteiger partial charge in [-0.25, -0.2) is 4.39 Å². The lowest BCUT2D eigenvalue weighted by Gasteiger charge is -2.24. The summed E-state index contributed by atoms with van der Waals surface area (Å²) in [4.78, 5) is 2.31. The normalized spacial score (nSPS) is 39.3. The molecular weight excluding hydrogens is 129 g/mol. The van der Waals surface area contributed by atoms with E-state index in [1.807, 2.05) is 0 Å². The summed E-state index contributed by atoms with van der Waals surface area (Å²) in [6, 6.07) is 0.751. The van der Waals surface area contributed by atoms with E-state index in [4.69, 9.17) is 0 Å². The van der Waals surface area contributed by atoms with E-state index in [0.717, 1.165) is 12.0 Å². The number of hydrogen-bond acceptors (Lipinski definition) is 1. The molecule has 0 N–H and O–H groups in total. The van der Waals surface area contributed by atoms with Gasteiger partial charge in [0, 0.05) is 19.1 Å². The van der Waals surface area contributed by atoms with Crippen molar-refractivity contribution in [3.05, 3.63) is 0 Å². The van der Waals surface area contributed by atoms with Gasteiger partial charge in [0.1, 0.15) is 6.67 Å². The highest BCUT2D eigenvalue weighted by Gasteiger charge is 2.36. The van der Waals surface area contributed by atoms with Crippen LogP contribution >= 0.6 is 0 Å². The van der Waals surface area contributed by atoms with E-state index in [1.54, 1.807) is 0 Å². The van der Waals surface area contributed by atoms with Crippen molar-refractivity contribution in [2.45, 2.75) is 25.3 Å². The summed E-state index contributed by atoms with van der Waals surface area (Å²) in [6.07, 6.45) is 4.07. The molecule has 1 aliphatic heterocycles. The van der Waals surface area contributed by atoms with E-state index in [9.17, 15) is 4.39 Å². The van der Waals surface area contributed by atoms with Gasteiger partial charge >= 0.3 is 0 Å². The molecule has 2 fully saturated rings. The number of halogens is 1. The Hall–Kier alpha value is -0.110. The van der Waals surface area contributed by atoms with Gasteiger partial charge in [0.15, 0.2) is 0 Å². The fourth-order valence-corrected chi connectivity index (χ4v) is 2.41. The Labute approximate surface area is 61.2 Å². The molecule has 0 amide bonds. The van der Waals surface area contributed by atoms with Crippen LogP contribution in [0.1, 0.15) is 19.3 Å². The number of nitrogens with zero attached hydrogens (tertiary/aromatic N) is 1. The molecule has 2 bridgehead atoms. The van der Waals surface area contributed by atoms with Crippen LogP contribution < -0.4 is 0 Å². The first-order valence-corrected chi connectivity index (χ1v) is 4.20. The largest absolute Gasteiger partial charge is 0.298 e. The molecular formula is C8H14FN. The van der Waals surface area contributed by atoms with Crippen molar-refractivity contribution in [2.75, 3.05) is 19.8 Å². The van der Waals surface area contributed by atoms with E-state index < -0.39 is 0 Å². The summed E-state index contributed by atoms with van der Waals surface area (Å²) < 4.78 is 11.9. The Balaban J connectivity index is 1.90. The molecule has 2 atom stereocenters. The number of alkyl halides is 1. The highest BCUT2D eigenvalue weighted by molar-refractivity contribution is 4.91. The standard InChI is InChI=1S/C8H14FN/c9-3-4-10-6-7-1-2-8(10)5-7/h7-8H,1-6H2. The molecule has 1 aliphatic carbocycles. The van der Waals surface area contributed by atoms with Crippen LogP contribution in [0.3, 0.4) is 0 Å². The summed E-state index contributed by atoms with van der Waals surface area (Å²) in [5, 5.41) is 0. The zero-order chi connectivity index (χ0) is 6.97. The highest BCUT2D eigenvalue weighted by atomic mass is 19.1. The Kier molecular flexibility index (Phi) is 1.65. The maximum absolute atomic E-state index is 11.9. The third-order valence-electron chi connectivity index (χ3n) is 2.89. The molecule has 1 saturated heterocycles. The van der Waals surface area contributed by atoms with E-state index in [1.165, 1.54) is 25.8 Å². The topological polar surface area (TPSA) is 3.24 Å². The molecule has 0 aromatic carbocycles. The first-order valence-electron chi connectivity index (χ1n) is 4.20. The van der Waals surface area contributed by atoms with Crippen molar-refractivity contribution >= 4 is 0 Å². The van der Waals surface area contributed by atoms with Crippen LogP contribution in [0.5, 0.6) is 0 Å². The summed E-state index contributed by atoms with van der Waals surface area (Å²) in [5.41, 5.74) is 0. The SMILES string of the molecule is FCCN1CC2CCC1C2. The monoisotopic (exact) mass is 143 g/mol. The third kappa shape index (κ3) is 0.947. The van der Waals surface area contributed by atoms with Gasteiger partial charge in [-0.1, -0.05) is 0 Å². The summed E-state index contributed by atoms with van der Waals surface area (Å²) in [7, 11) is 0. The second-order valence-corrected chi connectivity index (χ2v) is 3.52. The molecule has 0 radical (unpaired) electrons. The van der Waals surface area contributed by atoms with Crippen LogP contribution in [0.15, 0.2) is 0 Å². The van der Waals surface area contributed by atoms with Crippen LogP contribution in [0.2, 0.25) is 0 Å². The lowest BCUT2D eigenvalue weighted by molar-refractivity contribution is 0.197. The Morgan fingerprint density at radius 2 is 2.30 bits per heavy atom. The lowest BCUT2D eigenvalue weighted by atomic mass is 10.1. The van der Waals surface area contributed by atoms with Crippen molar-refractivity contribution in [3.8, 4) is 0 Å². The summed E-state index contributed by atoms with van der Waals surface area (Å²) in [6.45, 7) is 1.69. The third-order valence-corrected chi connectivity index (χ3v) is 2.89. The lowest BCUT2D eigenvalue weighted by Crippen LogP contribution is -2.33. The Bertz CT molecular complexity index is 126. The first-order chi connectivity index (χ1) is 4.90. The van der Waals surface area contributed by atoms with Crippen LogP contribution in [0.25, 0.3) is 0 Å². The highest BCUT2D eigenvalue weighted by Crippen LogP contribution is 2.36. The van der Waals surface area contributed by atoms with Gasteiger partial charge in [-0.2, -0.15) is 0 Å². The number of hydrogen-bond donors (Lipinski definition) is 0. The zero-order valence-corrected chi connectivity index (χ0v) is 6.22.